The van der Waals surface area contributed by atoms with Crippen molar-refractivity contribution >= 4 is 5.97 Å². The van der Waals surface area contributed by atoms with Crippen LogP contribution in [0.15, 0.2) is 0 Å². The summed E-state index contributed by atoms with van der Waals surface area (Å²) >= 11 is 0. The van der Waals surface area contributed by atoms with E-state index in [1.54, 1.807) is 13.8 Å². The van der Waals surface area contributed by atoms with Gasteiger partial charge in [0.1, 0.15) is 0 Å². The molecule has 0 saturated carbocycles. The van der Waals surface area contributed by atoms with Crippen LogP contribution in [0.2, 0.25) is 0 Å². The molecule has 2 unspecified atom stereocenters. The molecule has 0 aromatic carbocycles. The van der Waals surface area contributed by atoms with Gasteiger partial charge in [0, 0.05) is 6.04 Å². The first kappa shape index (κ1) is 8.43. The van der Waals surface area contributed by atoms with Crippen LogP contribution in [-0.4, -0.2) is 17.1 Å². The largest absolute Gasteiger partial charge is 0.481 e. The summed E-state index contributed by atoms with van der Waals surface area (Å²) in [6, 6.07) is -0.0175. The summed E-state index contributed by atoms with van der Waals surface area (Å²) in [5.41, 5.74) is 5.37. The molecule has 0 aliphatic carbocycles. The van der Waals surface area contributed by atoms with Crippen LogP contribution in [0.5, 0.6) is 0 Å². The van der Waals surface area contributed by atoms with Gasteiger partial charge >= 0.3 is 5.97 Å². The van der Waals surface area contributed by atoms with Gasteiger partial charge in [-0.05, 0) is 13.3 Å². The average Bonchev–Trinajstić information content (AvgIpc) is 1.63. The number of hydrogen-bond donors (Lipinski definition) is 2. The van der Waals surface area contributed by atoms with Crippen molar-refractivity contribution in [3.8, 4) is 0 Å². The van der Waals surface area contributed by atoms with E-state index in [1.807, 2.05) is 0 Å². The van der Waals surface area contributed by atoms with Crippen molar-refractivity contribution in [3.63, 3.8) is 0 Å². The Kier molecular flexibility index (Phi) is 3.24. The van der Waals surface area contributed by atoms with Crippen LogP contribution >= 0.6 is 0 Å². The molecule has 0 aliphatic rings. The summed E-state index contributed by atoms with van der Waals surface area (Å²) < 4.78 is 0. The van der Waals surface area contributed by atoms with Crippen LogP contribution in [0, 0.1) is 5.92 Å². The van der Waals surface area contributed by atoms with Crippen molar-refractivity contribution < 1.29 is 9.90 Å². The Labute approximate surface area is 54.9 Å². The van der Waals surface area contributed by atoms with E-state index in [-0.39, 0.29) is 12.0 Å². The number of aliphatic carboxylic acids is 1. The van der Waals surface area contributed by atoms with Gasteiger partial charge < -0.3 is 10.8 Å². The molecule has 0 aromatic heterocycles. The zero-order valence-electron chi connectivity index (χ0n) is 5.79. The Hall–Kier alpha value is -0.570. The standard InChI is InChI=1S/C6H13NO2/c1-4(6(8)9)3-5(2)7/h4-5H,3,7H2,1-2H3,(H,8,9). The maximum Gasteiger partial charge on any atom is 0.306 e. The Bertz CT molecular complexity index is 101. The highest BCUT2D eigenvalue weighted by molar-refractivity contribution is 5.69. The molecule has 0 aromatic rings. The number of carboxylic acid groups (broad SMARTS) is 1. The van der Waals surface area contributed by atoms with E-state index in [1.165, 1.54) is 0 Å². The van der Waals surface area contributed by atoms with Crippen molar-refractivity contribution in [2.24, 2.45) is 11.7 Å². The zero-order valence-corrected chi connectivity index (χ0v) is 5.79. The second-order valence-electron chi connectivity index (χ2n) is 2.45. The highest BCUT2D eigenvalue weighted by Crippen LogP contribution is 2.02. The molecule has 0 rings (SSSR count). The van der Waals surface area contributed by atoms with Gasteiger partial charge in [-0.25, -0.2) is 0 Å². The van der Waals surface area contributed by atoms with Gasteiger partial charge in [-0.1, -0.05) is 6.92 Å². The maximum atomic E-state index is 10.2. The monoisotopic (exact) mass is 131 g/mol. The van der Waals surface area contributed by atoms with E-state index in [9.17, 15) is 4.79 Å². The van der Waals surface area contributed by atoms with Gasteiger partial charge in [0.05, 0.1) is 5.92 Å². The molecule has 3 N–H and O–H groups in total. The highest BCUT2D eigenvalue weighted by atomic mass is 16.4. The van der Waals surface area contributed by atoms with Crippen LogP contribution in [-0.2, 0) is 4.79 Å². The third kappa shape index (κ3) is 3.97. The van der Waals surface area contributed by atoms with Crippen LogP contribution in [0.25, 0.3) is 0 Å². The van der Waals surface area contributed by atoms with E-state index >= 15 is 0 Å². The van der Waals surface area contributed by atoms with Gasteiger partial charge in [-0.15, -0.1) is 0 Å². The third-order valence-electron chi connectivity index (χ3n) is 1.15. The first-order valence-corrected chi connectivity index (χ1v) is 3.02. The Balaban J connectivity index is 3.50. The second kappa shape index (κ2) is 3.45. The summed E-state index contributed by atoms with van der Waals surface area (Å²) in [5, 5.41) is 8.38. The molecule has 3 heteroatoms. The van der Waals surface area contributed by atoms with E-state index in [0.29, 0.717) is 6.42 Å². The van der Waals surface area contributed by atoms with Crippen molar-refractivity contribution in [2.75, 3.05) is 0 Å². The number of nitrogens with two attached hydrogens (primary N) is 1. The molecule has 0 spiro atoms. The Morgan fingerprint density at radius 1 is 1.67 bits per heavy atom. The van der Waals surface area contributed by atoms with Crippen LogP contribution in [0.3, 0.4) is 0 Å². The normalized spacial score (nSPS) is 16.8. The van der Waals surface area contributed by atoms with Gasteiger partial charge in [0.25, 0.3) is 0 Å². The molecule has 0 fully saturated rings. The average molecular weight is 131 g/mol. The highest BCUT2D eigenvalue weighted by Gasteiger charge is 2.11. The summed E-state index contributed by atoms with van der Waals surface area (Å²) in [6.45, 7) is 3.46. The Morgan fingerprint density at radius 2 is 2.11 bits per heavy atom. The third-order valence-corrected chi connectivity index (χ3v) is 1.15. The fraction of sp³-hybridized carbons (Fsp3) is 0.833. The molecule has 0 heterocycles. The van der Waals surface area contributed by atoms with Crippen LogP contribution in [0.1, 0.15) is 20.3 Å². The van der Waals surface area contributed by atoms with Gasteiger partial charge in [0.15, 0.2) is 0 Å². The molecule has 0 saturated heterocycles. The van der Waals surface area contributed by atoms with Crippen LogP contribution < -0.4 is 5.73 Å². The molecule has 0 aliphatic heterocycles. The van der Waals surface area contributed by atoms with Crippen molar-refractivity contribution in [1.82, 2.24) is 0 Å². The number of carbonyl (C=O) groups is 1. The lowest BCUT2D eigenvalue weighted by Crippen LogP contribution is -2.22. The van der Waals surface area contributed by atoms with Crippen molar-refractivity contribution in [3.05, 3.63) is 0 Å². The summed E-state index contributed by atoms with van der Waals surface area (Å²) in [5.74, 6) is -1.09. The minimum absolute atomic E-state index is 0.0175. The summed E-state index contributed by atoms with van der Waals surface area (Å²) in [4.78, 5) is 10.2. The number of carboxylic acids is 1. The number of hydrogen-bond acceptors (Lipinski definition) is 2. The molecule has 2 atom stereocenters. The van der Waals surface area contributed by atoms with Crippen LogP contribution in [0.4, 0.5) is 0 Å². The predicted octanol–water partition coefficient (Wildman–Crippen LogP) is 0.444. The number of rotatable bonds is 3. The van der Waals surface area contributed by atoms with E-state index in [0.717, 1.165) is 0 Å². The van der Waals surface area contributed by atoms with E-state index in [2.05, 4.69) is 0 Å². The minimum Gasteiger partial charge on any atom is -0.481 e. The molecule has 3 nitrogen and oxygen atoms in total. The SMILES string of the molecule is CC(N)CC(C)C(=O)O. The zero-order chi connectivity index (χ0) is 7.44. The molecular weight excluding hydrogens is 118 g/mol. The maximum absolute atomic E-state index is 10.2. The topological polar surface area (TPSA) is 63.3 Å². The predicted molar refractivity (Wildman–Crippen MR) is 35.1 cm³/mol. The first-order valence-electron chi connectivity index (χ1n) is 3.02. The van der Waals surface area contributed by atoms with Gasteiger partial charge in [0.2, 0.25) is 0 Å². The molecule has 0 amide bonds. The smallest absolute Gasteiger partial charge is 0.306 e. The Morgan fingerprint density at radius 3 is 2.22 bits per heavy atom. The fourth-order valence-electron chi connectivity index (χ4n) is 0.658. The minimum atomic E-state index is -0.771. The second-order valence-corrected chi connectivity index (χ2v) is 2.45. The lowest BCUT2D eigenvalue weighted by molar-refractivity contribution is -0.141. The molecular formula is C6H13NO2. The lowest BCUT2D eigenvalue weighted by Gasteiger charge is -2.07. The summed E-state index contributed by atoms with van der Waals surface area (Å²) in [6.07, 6.45) is 0.551. The molecule has 0 radical (unpaired) electrons. The quantitative estimate of drug-likeness (QED) is 0.584. The fourth-order valence-corrected chi connectivity index (χ4v) is 0.658. The molecule has 54 valence electrons. The summed E-state index contributed by atoms with van der Waals surface area (Å²) in [7, 11) is 0. The van der Waals surface area contributed by atoms with E-state index in [4.69, 9.17) is 10.8 Å². The molecule has 9 heavy (non-hydrogen) atoms. The lowest BCUT2D eigenvalue weighted by atomic mass is 10.0. The van der Waals surface area contributed by atoms with Crippen molar-refractivity contribution in [1.29, 1.82) is 0 Å². The van der Waals surface area contributed by atoms with Crippen molar-refractivity contribution in [2.45, 2.75) is 26.3 Å². The van der Waals surface area contributed by atoms with Gasteiger partial charge in [-0.3, -0.25) is 4.79 Å². The molecule has 0 bridgehead atoms. The van der Waals surface area contributed by atoms with E-state index < -0.39 is 5.97 Å². The van der Waals surface area contributed by atoms with Gasteiger partial charge in [-0.2, -0.15) is 0 Å². The first-order chi connectivity index (χ1) is 4.04.